The monoisotopic (exact) mass is 588 g/mol. The Labute approximate surface area is 263 Å². The maximum Gasteiger partial charge on any atom is 0.397 e. The summed E-state index contributed by atoms with van der Waals surface area (Å²) in [6.45, 7) is 0. The molecule has 6 heterocycles. The Kier molecular flexibility index (Phi) is 3.89. The van der Waals surface area contributed by atoms with E-state index in [1.807, 2.05) is 0 Å². The van der Waals surface area contributed by atoms with Gasteiger partial charge in [-0.3, -0.25) is 0 Å². The van der Waals surface area contributed by atoms with E-state index < -0.39 is 5.66 Å². The predicted molar refractivity (Wildman–Crippen MR) is 179 cm³/mol. The van der Waals surface area contributed by atoms with Gasteiger partial charge in [0.25, 0.3) is 0 Å². The van der Waals surface area contributed by atoms with Crippen LogP contribution in [0.5, 0.6) is 11.5 Å². The van der Waals surface area contributed by atoms with E-state index in [0.29, 0.717) is 0 Å². The van der Waals surface area contributed by atoms with E-state index in [2.05, 4.69) is 164 Å². The summed E-state index contributed by atoms with van der Waals surface area (Å²) in [6.07, 6.45) is 6.91. The van der Waals surface area contributed by atoms with Gasteiger partial charge >= 0.3 is 11.3 Å². The number of benzene rings is 6. The van der Waals surface area contributed by atoms with Crippen LogP contribution < -0.4 is 14.0 Å². The van der Waals surface area contributed by atoms with Gasteiger partial charge in [-0.05, 0) is 87.8 Å². The van der Waals surface area contributed by atoms with Crippen molar-refractivity contribution in [3.63, 3.8) is 0 Å². The summed E-state index contributed by atoms with van der Waals surface area (Å²) in [5.74, 6) is 1.78. The third-order valence-electron chi connectivity index (χ3n) is 10.5. The highest BCUT2D eigenvalue weighted by Gasteiger charge is 2.68. The highest BCUT2D eigenvalue weighted by Crippen LogP contribution is 2.54. The minimum absolute atomic E-state index is 0.685. The lowest BCUT2D eigenvalue weighted by Gasteiger charge is -2.32. The van der Waals surface area contributed by atoms with Crippen molar-refractivity contribution in [3.8, 4) is 34.0 Å². The van der Waals surface area contributed by atoms with E-state index in [-0.39, 0.29) is 0 Å². The molecule has 0 fully saturated rings. The van der Waals surface area contributed by atoms with Crippen molar-refractivity contribution >= 4 is 43.5 Å². The number of pyridine rings is 1. The Balaban J connectivity index is 1.25. The molecule has 0 amide bonds. The van der Waals surface area contributed by atoms with Crippen molar-refractivity contribution in [1.82, 2.24) is 9.25 Å². The normalized spacial score (nSPS) is 16.5. The van der Waals surface area contributed by atoms with E-state index in [1.165, 1.54) is 60.2 Å². The van der Waals surface area contributed by atoms with E-state index >= 15 is 0 Å². The van der Waals surface area contributed by atoms with Gasteiger partial charge in [-0.2, -0.15) is 9.13 Å². The SMILES string of the molecule is c1cc2c3c(c1)-n1c4ccccc4c4ccc[n+](c41)C31c3c(cccc3-n3cc(-c4cccc5cc6ccccc6cc45)c[n+]31)O2. The second-order valence-electron chi connectivity index (χ2n) is 12.7. The van der Waals surface area contributed by atoms with Gasteiger partial charge in [-0.15, -0.1) is 4.68 Å². The summed E-state index contributed by atoms with van der Waals surface area (Å²) in [5.41, 5.74) is 8.68. The molecular weight excluding hydrogens is 564 g/mol. The lowest BCUT2D eigenvalue weighted by atomic mass is 9.84. The number of fused-ring (bicyclic) bond motifs is 8. The average molecular weight is 589 g/mol. The molecule has 1 spiro atoms. The molecule has 3 aliphatic heterocycles. The van der Waals surface area contributed by atoms with Crippen LogP contribution in [0.4, 0.5) is 0 Å². The van der Waals surface area contributed by atoms with Crippen LogP contribution in [-0.4, -0.2) is 9.25 Å². The maximum absolute atomic E-state index is 6.77. The molecule has 9 aromatic rings. The Bertz CT molecular complexity index is 2860. The molecular formula is C41H24N4O+2. The number of hydrogen-bond donors (Lipinski definition) is 0. The van der Waals surface area contributed by atoms with Gasteiger partial charge < -0.3 is 4.74 Å². The second-order valence-corrected chi connectivity index (χ2v) is 12.7. The van der Waals surface area contributed by atoms with Gasteiger partial charge in [0.2, 0.25) is 6.20 Å². The van der Waals surface area contributed by atoms with Gasteiger partial charge in [-0.25, -0.2) is 0 Å². The standard InChI is InChI=1S/C41H24N4O/c1-2-10-26-22-32-27(21-25(26)9-1)11-5-13-29(32)28-23-43-34-16-6-18-36-38(34)41(44(43)24-28)39-35(17-7-19-37(39)46-36)45-33-15-4-3-12-30(33)31-14-8-20-42(41)40(31)45/h1-24H/q+2. The maximum atomic E-state index is 6.77. The summed E-state index contributed by atoms with van der Waals surface area (Å²) in [6, 6.07) is 46.1. The predicted octanol–water partition coefficient (Wildman–Crippen LogP) is 8.15. The summed E-state index contributed by atoms with van der Waals surface area (Å²) in [4.78, 5) is 0. The molecule has 6 aromatic carbocycles. The number of hydrogen-bond acceptors (Lipinski definition) is 1. The molecule has 1 atom stereocenters. The summed E-state index contributed by atoms with van der Waals surface area (Å²) in [7, 11) is 0. The number of para-hydroxylation sites is 1. The van der Waals surface area contributed by atoms with Crippen LogP contribution in [0.25, 0.3) is 66.0 Å². The largest absolute Gasteiger partial charge is 0.456 e. The quantitative estimate of drug-likeness (QED) is 0.140. The fourth-order valence-corrected chi connectivity index (χ4v) is 8.78. The highest BCUT2D eigenvalue weighted by molar-refractivity contribution is 6.07. The van der Waals surface area contributed by atoms with E-state index in [9.17, 15) is 0 Å². The lowest BCUT2D eigenvalue weighted by Crippen LogP contribution is -2.76. The van der Waals surface area contributed by atoms with Crippen molar-refractivity contribution in [1.29, 1.82) is 0 Å². The first kappa shape index (κ1) is 23.2. The van der Waals surface area contributed by atoms with E-state index in [4.69, 9.17) is 4.74 Å². The fraction of sp³-hybridized carbons (Fsp3) is 0.0244. The van der Waals surface area contributed by atoms with Crippen LogP contribution in [0.3, 0.4) is 0 Å². The highest BCUT2D eigenvalue weighted by atomic mass is 16.5. The molecule has 5 heteroatoms. The first-order chi connectivity index (χ1) is 22.8. The number of nitrogens with zero attached hydrogens (tertiary/aromatic N) is 4. The third kappa shape index (κ3) is 2.48. The summed E-state index contributed by atoms with van der Waals surface area (Å²) < 4.78 is 16.5. The van der Waals surface area contributed by atoms with Crippen LogP contribution in [0, 0.1) is 0 Å². The summed E-state index contributed by atoms with van der Waals surface area (Å²) in [5, 5.41) is 7.49. The topological polar surface area (TPSA) is 26.8 Å². The average Bonchev–Trinajstić information content (AvgIpc) is 3.77. The van der Waals surface area contributed by atoms with Gasteiger partial charge in [0, 0.05) is 5.39 Å². The molecule has 0 saturated heterocycles. The first-order valence-electron chi connectivity index (χ1n) is 15.8. The van der Waals surface area contributed by atoms with Crippen molar-refractivity contribution in [2.24, 2.45) is 0 Å². The van der Waals surface area contributed by atoms with Crippen molar-refractivity contribution in [3.05, 3.63) is 157 Å². The molecule has 1 unspecified atom stereocenters. The zero-order chi connectivity index (χ0) is 29.7. The molecule has 212 valence electrons. The van der Waals surface area contributed by atoms with Crippen LogP contribution in [0.2, 0.25) is 0 Å². The molecule has 5 nitrogen and oxygen atoms in total. The number of ether oxygens (including phenoxy) is 1. The fourth-order valence-electron chi connectivity index (χ4n) is 8.78. The molecule has 3 aromatic heterocycles. The van der Waals surface area contributed by atoms with Gasteiger partial charge in [0.15, 0.2) is 11.3 Å². The van der Waals surface area contributed by atoms with Crippen LogP contribution in [0.1, 0.15) is 11.1 Å². The molecule has 0 N–H and O–H groups in total. The van der Waals surface area contributed by atoms with E-state index in [1.54, 1.807) is 0 Å². The first-order valence-corrected chi connectivity index (χ1v) is 15.8. The number of aromatic nitrogens is 4. The summed E-state index contributed by atoms with van der Waals surface area (Å²) >= 11 is 0. The Hall–Kier alpha value is -6.20. The third-order valence-corrected chi connectivity index (χ3v) is 10.5. The van der Waals surface area contributed by atoms with Gasteiger partial charge in [-0.1, -0.05) is 71.4 Å². The molecule has 0 aliphatic carbocycles. The van der Waals surface area contributed by atoms with Crippen molar-refractivity contribution in [2.45, 2.75) is 5.66 Å². The minimum Gasteiger partial charge on any atom is -0.456 e. The molecule has 12 rings (SSSR count). The van der Waals surface area contributed by atoms with Crippen molar-refractivity contribution < 1.29 is 14.0 Å². The van der Waals surface area contributed by atoms with Gasteiger partial charge in [0.05, 0.1) is 23.3 Å². The van der Waals surface area contributed by atoms with Crippen LogP contribution >= 0.6 is 0 Å². The molecule has 3 aliphatic rings. The Morgan fingerprint density at radius 3 is 2.20 bits per heavy atom. The van der Waals surface area contributed by atoms with Crippen LogP contribution in [-0.2, 0) is 5.66 Å². The smallest absolute Gasteiger partial charge is 0.397 e. The van der Waals surface area contributed by atoms with Crippen molar-refractivity contribution in [2.75, 3.05) is 0 Å². The van der Waals surface area contributed by atoms with Gasteiger partial charge in [0.1, 0.15) is 28.3 Å². The minimum atomic E-state index is -0.685. The Morgan fingerprint density at radius 2 is 1.30 bits per heavy atom. The zero-order valence-corrected chi connectivity index (χ0v) is 24.6. The second kappa shape index (κ2) is 7.71. The van der Waals surface area contributed by atoms with E-state index in [0.717, 1.165) is 28.4 Å². The Morgan fingerprint density at radius 1 is 0.587 bits per heavy atom. The lowest BCUT2D eigenvalue weighted by molar-refractivity contribution is -0.987. The molecule has 46 heavy (non-hydrogen) atoms. The molecule has 0 bridgehead atoms. The van der Waals surface area contributed by atoms with Crippen LogP contribution in [0.15, 0.2) is 146 Å². The number of rotatable bonds is 1. The zero-order valence-electron chi connectivity index (χ0n) is 24.6. The molecule has 0 saturated carbocycles. The molecule has 0 radical (unpaired) electrons.